The molecule has 0 saturated carbocycles. The third-order valence-electron chi connectivity index (χ3n) is 3.60. The fourth-order valence-corrected chi connectivity index (χ4v) is 2.88. The lowest BCUT2D eigenvalue weighted by Crippen LogP contribution is -2.17. The summed E-state index contributed by atoms with van der Waals surface area (Å²) in [6.45, 7) is 0.594. The molecule has 0 amide bonds. The molecule has 1 heterocycles. The van der Waals surface area contributed by atoms with Crippen LogP contribution in [0.4, 0.5) is 10.1 Å². The summed E-state index contributed by atoms with van der Waals surface area (Å²) in [4.78, 5) is 12.4. The van der Waals surface area contributed by atoms with E-state index < -0.39 is 0 Å². The van der Waals surface area contributed by atoms with E-state index in [1.54, 1.807) is 12.1 Å². The molecule has 1 N–H and O–H groups in total. The van der Waals surface area contributed by atoms with Gasteiger partial charge in [-0.15, -0.1) is 0 Å². The summed E-state index contributed by atoms with van der Waals surface area (Å²) in [6, 6.07) is 12.6. The van der Waals surface area contributed by atoms with Gasteiger partial charge in [0.15, 0.2) is 0 Å². The Bertz CT molecular complexity index is 671. The minimum absolute atomic E-state index is 0.0451. The van der Waals surface area contributed by atoms with E-state index in [2.05, 4.69) is 21.2 Å². The van der Waals surface area contributed by atoms with Crippen LogP contribution in [0.2, 0.25) is 0 Å². The maximum Gasteiger partial charge on any atom is 0.146 e. The normalized spacial score (nSPS) is 16.6. The molecule has 102 valence electrons. The average molecular weight is 334 g/mol. The van der Waals surface area contributed by atoms with Crippen molar-refractivity contribution < 1.29 is 9.18 Å². The second-order valence-corrected chi connectivity index (χ2v) is 5.82. The van der Waals surface area contributed by atoms with Crippen LogP contribution < -0.4 is 5.32 Å². The molecule has 2 aromatic rings. The number of halogens is 2. The van der Waals surface area contributed by atoms with Crippen LogP contribution >= 0.6 is 15.9 Å². The van der Waals surface area contributed by atoms with Crippen molar-refractivity contribution in [3.63, 3.8) is 0 Å². The number of nitrogens with one attached hydrogen (secondary N) is 1. The molecule has 0 aromatic heterocycles. The lowest BCUT2D eigenvalue weighted by atomic mass is 9.92. The Labute approximate surface area is 125 Å². The van der Waals surface area contributed by atoms with Gasteiger partial charge in [-0.05, 0) is 29.3 Å². The van der Waals surface area contributed by atoms with E-state index in [4.69, 9.17) is 0 Å². The quantitative estimate of drug-likeness (QED) is 0.922. The van der Waals surface area contributed by atoms with Crippen LogP contribution in [0.1, 0.15) is 17.0 Å². The van der Waals surface area contributed by atoms with Gasteiger partial charge in [0.25, 0.3) is 0 Å². The first kappa shape index (κ1) is 13.3. The summed E-state index contributed by atoms with van der Waals surface area (Å²) >= 11 is 3.22. The lowest BCUT2D eigenvalue weighted by molar-refractivity contribution is -0.119. The number of para-hydroxylation sites is 1. The molecular formula is C16H13BrFNO. The number of benzene rings is 2. The lowest BCUT2D eigenvalue weighted by Gasteiger charge is -2.10. The fourth-order valence-electron chi connectivity index (χ4n) is 2.55. The molecule has 1 atom stereocenters. The number of hydrogen-bond acceptors (Lipinski definition) is 2. The van der Waals surface area contributed by atoms with Crippen LogP contribution in [-0.4, -0.2) is 12.3 Å². The maximum atomic E-state index is 13.8. The minimum Gasteiger partial charge on any atom is -0.384 e. The topological polar surface area (TPSA) is 29.1 Å². The standard InChI is InChI=1S/C16H13BrFNO/c17-11-6-5-10(14(18)8-11)7-16(20)13-9-19-15-4-2-1-3-12(13)15/h1-6,8,13,19H,7,9H2. The molecule has 1 aliphatic heterocycles. The van der Waals surface area contributed by atoms with Gasteiger partial charge in [0, 0.05) is 23.1 Å². The number of carbonyl (C=O) groups is 1. The van der Waals surface area contributed by atoms with Crippen LogP contribution in [0.25, 0.3) is 0 Å². The number of rotatable bonds is 3. The van der Waals surface area contributed by atoms with Crippen LogP contribution in [0.5, 0.6) is 0 Å². The molecule has 20 heavy (non-hydrogen) atoms. The van der Waals surface area contributed by atoms with E-state index in [1.807, 2.05) is 24.3 Å². The van der Waals surface area contributed by atoms with Crippen molar-refractivity contribution in [3.05, 3.63) is 63.9 Å². The zero-order chi connectivity index (χ0) is 14.1. The van der Waals surface area contributed by atoms with Gasteiger partial charge in [0.2, 0.25) is 0 Å². The highest BCUT2D eigenvalue weighted by Gasteiger charge is 2.28. The molecular weight excluding hydrogens is 321 g/mol. The van der Waals surface area contributed by atoms with Crippen molar-refractivity contribution in [2.75, 3.05) is 11.9 Å². The SMILES string of the molecule is O=C(Cc1ccc(Br)cc1F)C1CNc2ccccc21. The van der Waals surface area contributed by atoms with Crippen molar-refractivity contribution in [3.8, 4) is 0 Å². The van der Waals surface area contributed by atoms with Gasteiger partial charge in [-0.3, -0.25) is 4.79 Å². The third kappa shape index (κ3) is 2.48. The molecule has 2 nitrogen and oxygen atoms in total. The van der Waals surface area contributed by atoms with Gasteiger partial charge in [0.1, 0.15) is 11.6 Å². The van der Waals surface area contributed by atoms with E-state index in [-0.39, 0.29) is 23.9 Å². The Morgan fingerprint density at radius 3 is 2.90 bits per heavy atom. The Hall–Kier alpha value is -1.68. The van der Waals surface area contributed by atoms with Gasteiger partial charge in [-0.25, -0.2) is 4.39 Å². The van der Waals surface area contributed by atoms with Gasteiger partial charge < -0.3 is 5.32 Å². The summed E-state index contributed by atoms with van der Waals surface area (Å²) in [5.41, 5.74) is 2.46. The average Bonchev–Trinajstić information content (AvgIpc) is 2.86. The molecule has 3 rings (SSSR count). The number of Topliss-reactive ketones (excluding diaryl/α,β-unsaturated/α-hetero) is 1. The molecule has 0 aliphatic carbocycles. The highest BCUT2D eigenvalue weighted by molar-refractivity contribution is 9.10. The first-order valence-electron chi connectivity index (χ1n) is 6.44. The number of anilines is 1. The predicted octanol–water partition coefficient (Wildman–Crippen LogP) is 3.91. The van der Waals surface area contributed by atoms with Crippen molar-refractivity contribution in [1.29, 1.82) is 0 Å². The van der Waals surface area contributed by atoms with Crippen molar-refractivity contribution >= 4 is 27.4 Å². The van der Waals surface area contributed by atoms with Crippen molar-refractivity contribution in [2.45, 2.75) is 12.3 Å². The smallest absolute Gasteiger partial charge is 0.146 e. The number of ketones is 1. The Balaban J connectivity index is 1.81. The molecule has 0 saturated heterocycles. The highest BCUT2D eigenvalue weighted by atomic mass is 79.9. The fraction of sp³-hybridized carbons (Fsp3) is 0.188. The zero-order valence-corrected chi connectivity index (χ0v) is 12.3. The Morgan fingerprint density at radius 2 is 2.10 bits per heavy atom. The van der Waals surface area contributed by atoms with Gasteiger partial charge in [0.05, 0.1) is 5.92 Å². The van der Waals surface area contributed by atoms with Crippen molar-refractivity contribution in [1.82, 2.24) is 0 Å². The van der Waals surface area contributed by atoms with Gasteiger partial charge in [-0.2, -0.15) is 0 Å². The molecule has 1 aliphatic rings. The first-order valence-corrected chi connectivity index (χ1v) is 7.24. The third-order valence-corrected chi connectivity index (χ3v) is 4.09. The second-order valence-electron chi connectivity index (χ2n) is 4.90. The molecule has 2 aromatic carbocycles. The van der Waals surface area contributed by atoms with Crippen LogP contribution in [0.3, 0.4) is 0 Å². The summed E-state index contributed by atoms with van der Waals surface area (Å²) in [5.74, 6) is -0.482. The van der Waals surface area contributed by atoms with E-state index >= 15 is 0 Å². The van der Waals surface area contributed by atoms with E-state index in [0.717, 1.165) is 11.3 Å². The zero-order valence-electron chi connectivity index (χ0n) is 10.7. The van der Waals surface area contributed by atoms with E-state index in [0.29, 0.717) is 16.6 Å². The summed E-state index contributed by atoms with van der Waals surface area (Å²) in [5, 5.41) is 3.22. The molecule has 0 spiro atoms. The highest BCUT2D eigenvalue weighted by Crippen LogP contribution is 2.32. The van der Waals surface area contributed by atoms with Crippen molar-refractivity contribution in [2.24, 2.45) is 0 Å². The molecule has 0 fully saturated rings. The van der Waals surface area contributed by atoms with Crippen LogP contribution in [0.15, 0.2) is 46.9 Å². The number of hydrogen-bond donors (Lipinski definition) is 1. The number of fused-ring (bicyclic) bond motifs is 1. The predicted molar refractivity (Wildman–Crippen MR) is 80.5 cm³/mol. The van der Waals surface area contributed by atoms with Crippen LogP contribution in [0, 0.1) is 5.82 Å². The Kier molecular flexibility index (Phi) is 3.57. The molecule has 0 radical (unpaired) electrons. The van der Waals surface area contributed by atoms with Gasteiger partial charge >= 0.3 is 0 Å². The van der Waals surface area contributed by atoms with E-state index in [9.17, 15) is 9.18 Å². The largest absolute Gasteiger partial charge is 0.384 e. The van der Waals surface area contributed by atoms with Gasteiger partial charge in [-0.1, -0.05) is 40.2 Å². The van der Waals surface area contributed by atoms with E-state index in [1.165, 1.54) is 6.07 Å². The Morgan fingerprint density at radius 1 is 1.30 bits per heavy atom. The molecule has 1 unspecified atom stereocenters. The first-order chi connectivity index (χ1) is 9.65. The monoisotopic (exact) mass is 333 g/mol. The summed E-state index contributed by atoms with van der Waals surface area (Å²) < 4.78 is 14.5. The number of carbonyl (C=O) groups excluding carboxylic acids is 1. The molecule has 4 heteroatoms. The maximum absolute atomic E-state index is 13.8. The minimum atomic E-state index is -0.341. The summed E-state index contributed by atoms with van der Waals surface area (Å²) in [6.07, 6.45) is 0.125. The second kappa shape index (κ2) is 5.37. The van der Waals surface area contributed by atoms with Crippen LogP contribution in [-0.2, 0) is 11.2 Å². The molecule has 0 bridgehead atoms. The summed E-state index contributed by atoms with van der Waals surface area (Å²) in [7, 11) is 0.